The van der Waals surface area contributed by atoms with Crippen molar-refractivity contribution in [3.63, 3.8) is 0 Å². The molecular weight excluding hydrogens is 252 g/mol. The SMILES string of the molecule is CCCNC(C)C1CCCN(CC(O)COC(C)C)C1. The number of ether oxygens (including phenoxy) is 1. The van der Waals surface area contributed by atoms with E-state index in [9.17, 15) is 5.11 Å². The first kappa shape index (κ1) is 17.9. The Hall–Kier alpha value is -0.160. The molecule has 0 amide bonds. The van der Waals surface area contributed by atoms with E-state index >= 15 is 0 Å². The van der Waals surface area contributed by atoms with Crippen LogP contribution in [0.4, 0.5) is 0 Å². The molecule has 1 fully saturated rings. The molecule has 1 heterocycles. The molecule has 2 N–H and O–H groups in total. The molecule has 120 valence electrons. The molecule has 0 aliphatic carbocycles. The van der Waals surface area contributed by atoms with Gasteiger partial charge in [0.2, 0.25) is 0 Å². The lowest BCUT2D eigenvalue weighted by Gasteiger charge is -2.37. The van der Waals surface area contributed by atoms with Gasteiger partial charge in [-0.15, -0.1) is 0 Å². The molecule has 1 aliphatic heterocycles. The van der Waals surface area contributed by atoms with Crippen LogP contribution in [0.2, 0.25) is 0 Å². The molecule has 1 aliphatic rings. The third kappa shape index (κ3) is 7.02. The van der Waals surface area contributed by atoms with E-state index in [0.29, 0.717) is 18.6 Å². The van der Waals surface area contributed by atoms with Crippen molar-refractivity contribution in [2.45, 2.75) is 65.2 Å². The summed E-state index contributed by atoms with van der Waals surface area (Å²) >= 11 is 0. The summed E-state index contributed by atoms with van der Waals surface area (Å²) in [6.07, 6.45) is 3.55. The molecule has 0 saturated carbocycles. The van der Waals surface area contributed by atoms with Gasteiger partial charge in [0.15, 0.2) is 0 Å². The lowest BCUT2D eigenvalue weighted by Crippen LogP contribution is -2.47. The van der Waals surface area contributed by atoms with Crippen molar-refractivity contribution < 1.29 is 9.84 Å². The van der Waals surface area contributed by atoms with Crippen LogP contribution < -0.4 is 5.32 Å². The average Bonchev–Trinajstić information content (AvgIpc) is 2.42. The van der Waals surface area contributed by atoms with Crippen LogP contribution in [0.15, 0.2) is 0 Å². The van der Waals surface area contributed by atoms with Gasteiger partial charge in [0.25, 0.3) is 0 Å². The minimum atomic E-state index is -0.366. The fraction of sp³-hybridized carbons (Fsp3) is 1.00. The van der Waals surface area contributed by atoms with Crippen molar-refractivity contribution >= 4 is 0 Å². The lowest BCUT2D eigenvalue weighted by molar-refractivity contribution is -0.0145. The van der Waals surface area contributed by atoms with Gasteiger partial charge in [-0.3, -0.25) is 0 Å². The van der Waals surface area contributed by atoms with Crippen LogP contribution in [0, 0.1) is 5.92 Å². The van der Waals surface area contributed by atoms with Gasteiger partial charge in [0.05, 0.1) is 18.8 Å². The highest BCUT2D eigenvalue weighted by Crippen LogP contribution is 2.20. The number of likely N-dealkylation sites (tertiary alicyclic amines) is 1. The Balaban J connectivity index is 2.29. The molecule has 0 radical (unpaired) electrons. The van der Waals surface area contributed by atoms with Crippen molar-refractivity contribution in [1.29, 1.82) is 0 Å². The van der Waals surface area contributed by atoms with Crippen LogP contribution in [-0.4, -0.2) is 61.0 Å². The first-order valence-electron chi connectivity index (χ1n) is 8.28. The number of piperidine rings is 1. The van der Waals surface area contributed by atoms with E-state index in [1.54, 1.807) is 0 Å². The molecule has 0 spiro atoms. The van der Waals surface area contributed by atoms with E-state index in [1.807, 2.05) is 13.8 Å². The Bertz CT molecular complexity index is 249. The predicted octanol–water partition coefficient (Wildman–Crippen LogP) is 1.87. The summed E-state index contributed by atoms with van der Waals surface area (Å²) in [5.74, 6) is 0.702. The predicted molar refractivity (Wildman–Crippen MR) is 84.0 cm³/mol. The first-order chi connectivity index (χ1) is 9.52. The summed E-state index contributed by atoms with van der Waals surface area (Å²) in [6.45, 7) is 13.0. The number of hydrogen-bond donors (Lipinski definition) is 2. The van der Waals surface area contributed by atoms with Gasteiger partial charge in [-0.2, -0.15) is 0 Å². The standard InChI is InChI=1S/C16H34N2O2/c1-5-8-17-14(4)15-7-6-9-18(10-15)11-16(19)12-20-13(2)3/h13-17,19H,5-12H2,1-4H3. The molecule has 3 unspecified atom stereocenters. The van der Waals surface area contributed by atoms with Crippen LogP contribution in [0.25, 0.3) is 0 Å². The van der Waals surface area contributed by atoms with E-state index < -0.39 is 0 Å². The second-order valence-electron chi connectivity index (χ2n) is 6.44. The maximum absolute atomic E-state index is 10.0. The number of β-amino-alcohol motifs (C(OH)–C–C–N with tert-alkyl or cyclic N) is 1. The first-order valence-corrected chi connectivity index (χ1v) is 8.28. The minimum Gasteiger partial charge on any atom is -0.389 e. The van der Waals surface area contributed by atoms with Gasteiger partial charge in [-0.05, 0) is 59.0 Å². The van der Waals surface area contributed by atoms with Gasteiger partial charge in [-0.1, -0.05) is 6.92 Å². The van der Waals surface area contributed by atoms with E-state index in [0.717, 1.165) is 26.2 Å². The van der Waals surface area contributed by atoms with Crippen LogP contribution in [0.3, 0.4) is 0 Å². The number of aliphatic hydroxyl groups excluding tert-OH is 1. The van der Waals surface area contributed by atoms with Crippen molar-refractivity contribution in [1.82, 2.24) is 10.2 Å². The average molecular weight is 286 g/mol. The van der Waals surface area contributed by atoms with Gasteiger partial charge in [0, 0.05) is 19.1 Å². The number of rotatable bonds is 9. The normalized spacial score (nSPS) is 24.0. The topological polar surface area (TPSA) is 44.7 Å². The summed E-state index contributed by atoms with van der Waals surface area (Å²) in [5.41, 5.74) is 0. The molecule has 3 atom stereocenters. The Morgan fingerprint density at radius 1 is 1.35 bits per heavy atom. The second-order valence-corrected chi connectivity index (χ2v) is 6.44. The fourth-order valence-electron chi connectivity index (χ4n) is 2.86. The Labute approximate surface area is 124 Å². The van der Waals surface area contributed by atoms with Crippen molar-refractivity contribution in [2.24, 2.45) is 5.92 Å². The zero-order valence-corrected chi connectivity index (χ0v) is 13.8. The monoisotopic (exact) mass is 286 g/mol. The van der Waals surface area contributed by atoms with E-state index in [-0.39, 0.29) is 12.2 Å². The Morgan fingerprint density at radius 3 is 2.75 bits per heavy atom. The lowest BCUT2D eigenvalue weighted by atomic mass is 9.91. The maximum Gasteiger partial charge on any atom is 0.0900 e. The molecule has 0 aromatic rings. The van der Waals surface area contributed by atoms with Gasteiger partial charge in [-0.25, -0.2) is 0 Å². The van der Waals surface area contributed by atoms with Crippen molar-refractivity contribution in [3.05, 3.63) is 0 Å². The molecule has 1 saturated heterocycles. The highest BCUT2D eigenvalue weighted by Gasteiger charge is 2.25. The number of hydrogen-bond acceptors (Lipinski definition) is 4. The highest BCUT2D eigenvalue weighted by molar-refractivity contribution is 4.81. The molecule has 0 bridgehead atoms. The zero-order valence-electron chi connectivity index (χ0n) is 13.8. The summed E-state index contributed by atoms with van der Waals surface area (Å²) in [6, 6.07) is 0.571. The van der Waals surface area contributed by atoms with Gasteiger partial charge >= 0.3 is 0 Å². The number of nitrogens with zero attached hydrogens (tertiary/aromatic N) is 1. The largest absolute Gasteiger partial charge is 0.389 e. The summed E-state index contributed by atoms with van der Waals surface area (Å²) in [4.78, 5) is 2.40. The highest BCUT2D eigenvalue weighted by atomic mass is 16.5. The second kappa shape index (κ2) is 9.72. The minimum absolute atomic E-state index is 0.192. The van der Waals surface area contributed by atoms with Gasteiger partial charge < -0.3 is 20.1 Å². The number of aliphatic hydroxyl groups is 1. The zero-order chi connectivity index (χ0) is 15.0. The quantitative estimate of drug-likeness (QED) is 0.679. The molecule has 1 rings (SSSR count). The smallest absolute Gasteiger partial charge is 0.0900 e. The van der Waals surface area contributed by atoms with Crippen molar-refractivity contribution in [2.75, 3.05) is 32.8 Å². The van der Waals surface area contributed by atoms with Crippen LogP contribution in [-0.2, 0) is 4.74 Å². The molecule has 4 nitrogen and oxygen atoms in total. The molecule has 20 heavy (non-hydrogen) atoms. The Kier molecular flexibility index (Phi) is 8.69. The molecular formula is C16H34N2O2. The van der Waals surface area contributed by atoms with Crippen LogP contribution in [0.1, 0.15) is 47.0 Å². The third-order valence-corrected chi connectivity index (χ3v) is 4.06. The van der Waals surface area contributed by atoms with Gasteiger partial charge in [0.1, 0.15) is 0 Å². The fourth-order valence-corrected chi connectivity index (χ4v) is 2.86. The third-order valence-electron chi connectivity index (χ3n) is 4.06. The summed E-state index contributed by atoms with van der Waals surface area (Å²) in [7, 11) is 0. The number of nitrogens with one attached hydrogen (secondary N) is 1. The molecule has 0 aromatic heterocycles. The van der Waals surface area contributed by atoms with E-state index in [2.05, 4.69) is 24.1 Å². The summed E-state index contributed by atoms with van der Waals surface area (Å²) < 4.78 is 5.48. The van der Waals surface area contributed by atoms with E-state index in [1.165, 1.54) is 19.3 Å². The summed E-state index contributed by atoms with van der Waals surface area (Å²) in [5, 5.41) is 13.6. The van der Waals surface area contributed by atoms with Crippen LogP contribution in [0.5, 0.6) is 0 Å². The Morgan fingerprint density at radius 2 is 2.10 bits per heavy atom. The van der Waals surface area contributed by atoms with E-state index in [4.69, 9.17) is 4.74 Å². The molecule has 0 aromatic carbocycles. The maximum atomic E-state index is 10.0. The molecule has 4 heteroatoms. The van der Waals surface area contributed by atoms with Crippen LogP contribution >= 0.6 is 0 Å². The van der Waals surface area contributed by atoms with Crippen molar-refractivity contribution in [3.8, 4) is 0 Å².